The van der Waals surface area contributed by atoms with Crippen LogP contribution in [0.5, 0.6) is 0 Å². The first-order valence-electron chi connectivity index (χ1n) is 4.63. The van der Waals surface area contributed by atoms with E-state index in [0.29, 0.717) is 10.7 Å². The molecule has 0 aliphatic heterocycles. The van der Waals surface area contributed by atoms with Gasteiger partial charge in [-0.1, -0.05) is 23.7 Å². The third kappa shape index (κ3) is 4.30. The molecule has 2 N–H and O–H groups in total. The number of amides is 1. The molecule has 0 spiro atoms. The molecule has 1 amide bonds. The van der Waals surface area contributed by atoms with E-state index in [1.807, 2.05) is 0 Å². The van der Waals surface area contributed by atoms with Gasteiger partial charge in [-0.15, -0.1) is 0 Å². The Balaban J connectivity index is 2.52. The van der Waals surface area contributed by atoms with E-state index >= 15 is 0 Å². The van der Waals surface area contributed by atoms with Gasteiger partial charge in [0.1, 0.15) is 5.75 Å². The molecule has 0 aliphatic rings. The number of carbonyl (C=O) groups is 1. The smallest absolute Gasteiger partial charge is 0.237 e. The number of aliphatic hydroxyl groups excluding tert-OH is 1. The largest absolute Gasteiger partial charge is 0.395 e. The fourth-order valence-corrected chi connectivity index (χ4v) is 1.96. The number of hydrogen-bond donors (Lipinski definition) is 2. The van der Waals surface area contributed by atoms with E-state index in [0.717, 1.165) is 0 Å². The van der Waals surface area contributed by atoms with Crippen LogP contribution in [0.4, 0.5) is 5.69 Å². The summed E-state index contributed by atoms with van der Waals surface area (Å²) in [5.74, 6) is -0.401. The molecule has 0 aliphatic carbocycles. The van der Waals surface area contributed by atoms with Gasteiger partial charge in [-0.3, -0.25) is 9.00 Å². The van der Waals surface area contributed by atoms with Crippen LogP contribution in [-0.4, -0.2) is 33.3 Å². The Morgan fingerprint density at radius 1 is 1.44 bits per heavy atom. The van der Waals surface area contributed by atoms with Crippen molar-refractivity contribution in [2.75, 3.05) is 23.4 Å². The zero-order valence-corrected chi connectivity index (χ0v) is 10.1. The Labute approximate surface area is 101 Å². The molecule has 0 fully saturated rings. The number of nitrogens with one attached hydrogen (secondary N) is 1. The molecule has 0 heterocycles. The lowest BCUT2D eigenvalue weighted by molar-refractivity contribution is -0.113. The summed E-state index contributed by atoms with van der Waals surface area (Å²) in [5.41, 5.74) is 0.496. The number of carbonyl (C=O) groups excluding carboxylic acids is 1. The van der Waals surface area contributed by atoms with Crippen LogP contribution < -0.4 is 5.32 Å². The van der Waals surface area contributed by atoms with Crippen molar-refractivity contribution in [2.24, 2.45) is 0 Å². The van der Waals surface area contributed by atoms with Gasteiger partial charge in [-0.05, 0) is 12.1 Å². The van der Waals surface area contributed by atoms with Crippen LogP contribution in [0.2, 0.25) is 5.02 Å². The highest BCUT2D eigenvalue weighted by molar-refractivity contribution is 7.85. The maximum absolute atomic E-state index is 11.4. The number of para-hydroxylation sites is 1. The van der Waals surface area contributed by atoms with Gasteiger partial charge in [0.25, 0.3) is 0 Å². The van der Waals surface area contributed by atoms with Gasteiger partial charge in [-0.2, -0.15) is 0 Å². The zero-order valence-electron chi connectivity index (χ0n) is 8.48. The van der Waals surface area contributed by atoms with E-state index in [9.17, 15) is 9.00 Å². The lowest BCUT2D eigenvalue weighted by Crippen LogP contribution is -2.21. The minimum Gasteiger partial charge on any atom is -0.395 e. The molecule has 0 aromatic heterocycles. The second kappa shape index (κ2) is 6.62. The number of rotatable bonds is 5. The van der Waals surface area contributed by atoms with Crippen molar-refractivity contribution in [2.45, 2.75) is 0 Å². The molecule has 4 nitrogen and oxygen atoms in total. The van der Waals surface area contributed by atoms with E-state index in [1.165, 1.54) is 0 Å². The van der Waals surface area contributed by atoms with Crippen LogP contribution >= 0.6 is 11.6 Å². The molecular formula is C10H12ClNO3S. The number of anilines is 1. The Bertz CT molecular complexity index is 397. The molecule has 88 valence electrons. The molecular weight excluding hydrogens is 250 g/mol. The van der Waals surface area contributed by atoms with Crippen molar-refractivity contribution in [3.8, 4) is 0 Å². The molecule has 6 heteroatoms. The van der Waals surface area contributed by atoms with Crippen molar-refractivity contribution in [1.29, 1.82) is 0 Å². The maximum Gasteiger partial charge on any atom is 0.237 e. The van der Waals surface area contributed by atoms with Gasteiger partial charge in [0.15, 0.2) is 0 Å². The molecule has 1 rings (SSSR count). The van der Waals surface area contributed by atoms with Gasteiger partial charge in [0.05, 0.1) is 17.3 Å². The van der Waals surface area contributed by atoms with Crippen LogP contribution in [0, 0.1) is 0 Å². The standard InChI is InChI=1S/C10H12ClNO3S/c11-8-3-1-2-4-9(8)12-10(14)7-16(15)6-5-13/h1-4,13H,5-7H2,(H,12,14). The molecule has 0 bridgehead atoms. The third-order valence-electron chi connectivity index (χ3n) is 1.76. The number of benzene rings is 1. The molecule has 1 aromatic carbocycles. The number of hydrogen-bond acceptors (Lipinski definition) is 3. The molecule has 0 saturated heterocycles. The Morgan fingerprint density at radius 2 is 2.12 bits per heavy atom. The summed E-state index contributed by atoms with van der Waals surface area (Å²) in [6.07, 6.45) is 0. The molecule has 1 aromatic rings. The second-order valence-electron chi connectivity index (χ2n) is 3.04. The predicted molar refractivity (Wildman–Crippen MR) is 65.0 cm³/mol. The van der Waals surface area contributed by atoms with E-state index < -0.39 is 10.8 Å². The fourth-order valence-electron chi connectivity index (χ4n) is 1.07. The summed E-state index contributed by atoms with van der Waals surface area (Å²) in [4.78, 5) is 11.4. The van der Waals surface area contributed by atoms with Crippen molar-refractivity contribution < 1.29 is 14.1 Å². The van der Waals surface area contributed by atoms with E-state index in [1.54, 1.807) is 24.3 Å². The first-order valence-corrected chi connectivity index (χ1v) is 6.50. The average Bonchev–Trinajstić information content (AvgIpc) is 2.21. The fraction of sp³-hybridized carbons (Fsp3) is 0.300. The van der Waals surface area contributed by atoms with Crippen LogP contribution in [0.1, 0.15) is 0 Å². The summed E-state index contributed by atoms with van der Waals surface area (Å²) < 4.78 is 11.2. The first-order chi connectivity index (χ1) is 7.63. The molecule has 1 atom stereocenters. The highest BCUT2D eigenvalue weighted by Crippen LogP contribution is 2.20. The average molecular weight is 262 g/mol. The Kier molecular flexibility index (Phi) is 5.45. The van der Waals surface area contributed by atoms with Gasteiger partial charge in [-0.25, -0.2) is 0 Å². The van der Waals surface area contributed by atoms with Crippen LogP contribution in [-0.2, 0) is 15.6 Å². The summed E-state index contributed by atoms with van der Waals surface area (Å²) in [6, 6.07) is 6.81. The SMILES string of the molecule is O=C(CS(=O)CCO)Nc1ccccc1Cl. The molecule has 0 radical (unpaired) electrons. The highest BCUT2D eigenvalue weighted by Gasteiger charge is 2.09. The minimum atomic E-state index is -1.34. The van der Waals surface area contributed by atoms with Gasteiger partial charge in [0.2, 0.25) is 5.91 Å². The topological polar surface area (TPSA) is 66.4 Å². The number of aliphatic hydroxyl groups is 1. The van der Waals surface area contributed by atoms with Crippen molar-refractivity contribution in [3.63, 3.8) is 0 Å². The quantitative estimate of drug-likeness (QED) is 0.832. The van der Waals surface area contributed by atoms with Crippen LogP contribution in [0.15, 0.2) is 24.3 Å². The summed E-state index contributed by atoms with van der Waals surface area (Å²) in [6.45, 7) is -0.189. The Morgan fingerprint density at radius 3 is 2.75 bits per heavy atom. The Hall–Kier alpha value is -0.910. The van der Waals surface area contributed by atoms with E-state index in [-0.39, 0.29) is 24.0 Å². The predicted octanol–water partition coefficient (Wildman–Crippen LogP) is 1.02. The summed E-state index contributed by atoms with van der Waals surface area (Å²) >= 11 is 5.84. The first kappa shape index (κ1) is 13.2. The van der Waals surface area contributed by atoms with Crippen LogP contribution in [0.3, 0.4) is 0 Å². The lowest BCUT2D eigenvalue weighted by Gasteiger charge is -2.06. The molecule has 0 saturated carbocycles. The summed E-state index contributed by atoms with van der Waals surface area (Å²) in [7, 11) is -1.34. The van der Waals surface area contributed by atoms with Gasteiger partial charge >= 0.3 is 0 Å². The van der Waals surface area contributed by atoms with Crippen molar-refractivity contribution in [3.05, 3.63) is 29.3 Å². The lowest BCUT2D eigenvalue weighted by atomic mass is 10.3. The molecule has 16 heavy (non-hydrogen) atoms. The third-order valence-corrected chi connectivity index (χ3v) is 3.31. The minimum absolute atomic E-state index is 0.107. The summed E-state index contributed by atoms with van der Waals surface area (Å²) in [5, 5.41) is 11.5. The normalized spacial score (nSPS) is 12.1. The monoisotopic (exact) mass is 261 g/mol. The van der Waals surface area contributed by atoms with Crippen LogP contribution in [0.25, 0.3) is 0 Å². The van der Waals surface area contributed by atoms with Gasteiger partial charge in [0, 0.05) is 16.6 Å². The molecule has 1 unspecified atom stereocenters. The van der Waals surface area contributed by atoms with E-state index in [4.69, 9.17) is 16.7 Å². The second-order valence-corrected chi connectivity index (χ2v) is 5.02. The zero-order chi connectivity index (χ0) is 12.0. The van der Waals surface area contributed by atoms with E-state index in [2.05, 4.69) is 5.32 Å². The van der Waals surface area contributed by atoms with Crippen molar-refractivity contribution >= 4 is 34.0 Å². The number of halogens is 1. The van der Waals surface area contributed by atoms with Gasteiger partial charge < -0.3 is 10.4 Å². The highest BCUT2D eigenvalue weighted by atomic mass is 35.5. The maximum atomic E-state index is 11.4. The van der Waals surface area contributed by atoms with Crippen molar-refractivity contribution in [1.82, 2.24) is 0 Å².